The molecule has 100 valence electrons. The van der Waals surface area contributed by atoms with Gasteiger partial charge in [-0.15, -0.1) is 0 Å². The molecule has 0 bridgehead atoms. The molecule has 0 fully saturated rings. The molecule has 1 heterocycles. The van der Waals surface area contributed by atoms with E-state index in [0.29, 0.717) is 18.8 Å². The monoisotopic (exact) mass is 260 g/mol. The molecule has 0 aliphatic carbocycles. The van der Waals surface area contributed by atoms with Crippen molar-refractivity contribution in [1.29, 1.82) is 0 Å². The predicted octanol–water partition coefficient (Wildman–Crippen LogP) is 3.17. The maximum Gasteiger partial charge on any atom is 0.414 e. The second kappa shape index (κ2) is 4.80. The molecule has 2 unspecified atom stereocenters. The van der Waals surface area contributed by atoms with Crippen LogP contribution < -0.4 is 4.74 Å². The van der Waals surface area contributed by atoms with E-state index in [0.717, 1.165) is 11.1 Å². The third kappa shape index (κ3) is 2.77. The topological polar surface area (TPSA) is 29.5 Å². The summed E-state index contributed by atoms with van der Waals surface area (Å²) in [5, 5.41) is 9.15. The van der Waals surface area contributed by atoms with Gasteiger partial charge >= 0.3 is 6.18 Å². The number of fused-ring (bicyclic) bond motifs is 1. The number of rotatable bonds is 2. The summed E-state index contributed by atoms with van der Waals surface area (Å²) < 4.78 is 42.5. The summed E-state index contributed by atoms with van der Waals surface area (Å²) in [5.41, 5.74) is 1.76. The summed E-state index contributed by atoms with van der Waals surface area (Å²) in [6.07, 6.45) is -6.62. The first-order valence-electron chi connectivity index (χ1n) is 5.86. The fourth-order valence-electron chi connectivity index (χ4n) is 2.22. The zero-order valence-corrected chi connectivity index (χ0v) is 10.00. The molecule has 0 amide bonds. The van der Waals surface area contributed by atoms with Gasteiger partial charge in [0.1, 0.15) is 11.9 Å². The van der Waals surface area contributed by atoms with Crippen molar-refractivity contribution in [1.82, 2.24) is 0 Å². The Morgan fingerprint density at radius 2 is 2.17 bits per heavy atom. The number of aryl methyl sites for hydroxylation is 1. The summed E-state index contributed by atoms with van der Waals surface area (Å²) in [6, 6.07) is 5.46. The highest BCUT2D eigenvalue weighted by molar-refractivity contribution is 5.40. The van der Waals surface area contributed by atoms with Crippen LogP contribution >= 0.6 is 0 Å². The minimum atomic E-state index is -4.55. The molecule has 2 atom stereocenters. The lowest BCUT2D eigenvalue weighted by molar-refractivity contribution is -0.207. The van der Waals surface area contributed by atoms with E-state index in [1.54, 1.807) is 6.07 Å². The average Bonchev–Trinajstić information content (AvgIpc) is 2.27. The molecule has 2 rings (SSSR count). The fourth-order valence-corrected chi connectivity index (χ4v) is 2.22. The molecule has 0 spiro atoms. The summed E-state index contributed by atoms with van der Waals surface area (Å²) in [5.74, 6) is 0.339. The molecule has 1 N–H and O–H groups in total. The van der Waals surface area contributed by atoms with Crippen molar-refractivity contribution in [3.8, 4) is 5.75 Å². The third-order valence-corrected chi connectivity index (χ3v) is 3.22. The number of aliphatic hydroxyl groups excluding tert-OH is 1. The van der Waals surface area contributed by atoms with Gasteiger partial charge in [-0.2, -0.15) is 13.2 Å². The lowest BCUT2D eigenvalue weighted by Gasteiger charge is -2.28. The van der Waals surface area contributed by atoms with Crippen molar-refractivity contribution in [2.45, 2.75) is 38.0 Å². The van der Waals surface area contributed by atoms with Crippen LogP contribution in [0.4, 0.5) is 13.2 Å². The maximum atomic E-state index is 12.4. The van der Waals surface area contributed by atoms with Gasteiger partial charge < -0.3 is 9.84 Å². The Morgan fingerprint density at radius 1 is 1.44 bits per heavy atom. The van der Waals surface area contributed by atoms with E-state index in [4.69, 9.17) is 9.84 Å². The van der Waals surface area contributed by atoms with E-state index >= 15 is 0 Å². The SMILES string of the molecule is Cc1ccc2c(c1)OCCC2CC(O)C(F)(F)F. The van der Waals surface area contributed by atoms with Crippen LogP contribution in [0.25, 0.3) is 0 Å². The van der Waals surface area contributed by atoms with Crippen molar-refractivity contribution >= 4 is 0 Å². The van der Waals surface area contributed by atoms with Crippen LogP contribution in [-0.4, -0.2) is 24.0 Å². The van der Waals surface area contributed by atoms with Gasteiger partial charge in [0.15, 0.2) is 0 Å². The van der Waals surface area contributed by atoms with E-state index in [-0.39, 0.29) is 12.3 Å². The summed E-state index contributed by atoms with van der Waals surface area (Å²) >= 11 is 0. The normalized spacial score (nSPS) is 21.1. The average molecular weight is 260 g/mol. The Labute approximate surface area is 103 Å². The first kappa shape index (κ1) is 13.2. The van der Waals surface area contributed by atoms with Crippen LogP contribution in [0, 0.1) is 6.92 Å². The molecule has 1 aliphatic rings. The van der Waals surface area contributed by atoms with Crippen LogP contribution in [0.2, 0.25) is 0 Å². The number of hydrogen-bond donors (Lipinski definition) is 1. The molecule has 5 heteroatoms. The molecule has 1 aromatic rings. The fraction of sp³-hybridized carbons (Fsp3) is 0.538. The highest BCUT2D eigenvalue weighted by Gasteiger charge is 2.40. The zero-order chi connectivity index (χ0) is 13.3. The summed E-state index contributed by atoms with van der Waals surface area (Å²) in [7, 11) is 0. The number of hydrogen-bond acceptors (Lipinski definition) is 2. The molecule has 0 saturated heterocycles. The second-order valence-corrected chi connectivity index (χ2v) is 4.67. The number of ether oxygens (including phenoxy) is 1. The highest BCUT2D eigenvalue weighted by Crippen LogP contribution is 2.39. The lowest BCUT2D eigenvalue weighted by atomic mass is 9.87. The van der Waals surface area contributed by atoms with Crippen molar-refractivity contribution in [2.75, 3.05) is 6.61 Å². The van der Waals surface area contributed by atoms with Gasteiger partial charge in [0.05, 0.1) is 6.61 Å². The zero-order valence-electron chi connectivity index (χ0n) is 10.00. The molecule has 18 heavy (non-hydrogen) atoms. The largest absolute Gasteiger partial charge is 0.493 e. The van der Waals surface area contributed by atoms with E-state index < -0.39 is 12.3 Å². The number of benzene rings is 1. The van der Waals surface area contributed by atoms with Crippen LogP contribution in [0.5, 0.6) is 5.75 Å². The minimum absolute atomic E-state index is 0.300. The van der Waals surface area contributed by atoms with Gasteiger partial charge in [-0.05, 0) is 42.9 Å². The molecular formula is C13H15F3O2. The van der Waals surface area contributed by atoms with Gasteiger partial charge in [-0.3, -0.25) is 0 Å². The Balaban J connectivity index is 2.18. The third-order valence-electron chi connectivity index (χ3n) is 3.22. The molecule has 0 aromatic heterocycles. The standard InChI is InChI=1S/C13H15F3O2/c1-8-2-3-10-9(4-5-18-11(10)6-8)7-12(17)13(14,15)16/h2-3,6,9,12,17H,4-5,7H2,1H3. The van der Waals surface area contributed by atoms with Gasteiger partial charge in [-0.1, -0.05) is 12.1 Å². The second-order valence-electron chi connectivity index (χ2n) is 4.67. The van der Waals surface area contributed by atoms with Crippen LogP contribution in [-0.2, 0) is 0 Å². The van der Waals surface area contributed by atoms with Crippen molar-refractivity contribution in [3.63, 3.8) is 0 Å². The van der Waals surface area contributed by atoms with Crippen LogP contribution in [0.1, 0.15) is 29.9 Å². The smallest absolute Gasteiger partial charge is 0.414 e. The minimum Gasteiger partial charge on any atom is -0.493 e. The summed E-state index contributed by atoms with van der Waals surface area (Å²) in [6.45, 7) is 2.30. The Kier molecular flexibility index (Phi) is 3.52. The summed E-state index contributed by atoms with van der Waals surface area (Å²) in [4.78, 5) is 0. The Morgan fingerprint density at radius 3 is 2.83 bits per heavy atom. The number of alkyl halides is 3. The number of halogens is 3. The Bertz CT molecular complexity index is 429. The first-order valence-corrected chi connectivity index (χ1v) is 5.86. The van der Waals surface area contributed by atoms with Crippen molar-refractivity contribution in [2.24, 2.45) is 0 Å². The van der Waals surface area contributed by atoms with E-state index in [1.165, 1.54) is 0 Å². The quantitative estimate of drug-likeness (QED) is 0.885. The molecule has 1 aliphatic heterocycles. The Hall–Kier alpha value is -1.23. The van der Waals surface area contributed by atoms with Crippen molar-refractivity contribution < 1.29 is 23.0 Å². The van der Waals surface area contributed by atoms with Gasteiger partial charge in [-0.25, -0.2) is 0 Å². The molecule has 2 nitrogen and oxygen atoms in total. The highest BCUT2D eigenvalue weighted by atomic mass is 19.4. The molecule has 1 aromatic carbocycles. The van der Waals surface area contributed by atoms with E-state index in [9.17, 15) is 13.2 Å². The van der Waals surface area contributed by atoms with Crippen LogP contribution in [0.3, 0.4) is 0 Å². The van der Waals surface area contributed by atoms with Gasteiger partial charge in [0.2, 0.25) is 0 Å². The van der Waals surface area contributed by atoms with Gasteiger partial charge in [0.25, 0.3) is 0 Å². The van der Waals surface area contributed by atoms with Crippen LogP contribution in [0.15, 0.2) is 18.2 Å². The van der Waals surface area contributed by atoms with E-state index in [1.807, 2.05) is 19.1 Å². The predicted molar refractivity (Wildman–Crippen MR) is 60.7 cm³/mol. The van der Waals surface area contributed by atoms with E-state index in [2.05, 4.69) is 0 Å². The number of aliphatic hydroxyl groups is 1. The first-order chi connectivity index (χ1) is 8.38. The molecular weight excluding hydrogens is 245 g/mol. The molecule has 0 radical (unpaired) electrons. The van der Waals surface area contributed by atoms with Crippen molar-refractivity contribution in [3.05, 3.63) is 29.3 Å². The lowest BCUT2D eigenvalue weighted by Crippen LogP contribution is -2.31. The maximum absolute atomic E-state index is 12.4. The molecule has 0 saturated carbocycles. The van der Waals surface area contributed by atoms with Gasteiger partial charge in [0, 0.05) is 0 Å².